The summed E-state index contributed by atoms with van der Waals surface area (Å²) >= 11 is 0. The Morgan fingerprint density at radius 3 is 2.43 bits per heavy atom. The highest BCUT2D eigenvalue weighted by Crippen LogP contribution is 2.34. The van der Waals surface area contributed by atoms with E-state index in [2.05, 4.69) is 0 Å². The summed E-state index contributed by atoms with van der Waals surface area (Å²) in [5, 5.41) is 18.3. The van der Waals surface area contributed by atoms with E-state index in [-0.39, 0.29) is 17.9 Å². The number of hydrogen-bond acceptors (Lipinski definition) is 4. The minimum atomic E-state index is -1.06. The number of aromatic carboxylic acids is 1. The van der Waals surface area contributed by atoms with Crippen LogP contribution in [0, 0.1) is 6.92 Å². The van der Waals surface area contributed by atoms with E-state index in [0.717, 1.165) is 5.56 Å². The first kappa shape index (κ1) is 14.9. The third-order valence-corrected chi connectivity index (χ3v) is 3.00. The highest BCUT2D eigenvalue weighted by atomic mass is 16.5. The van der Waals surface area contributed by atoms with Crippen LogP contribution in [0.3, 0.4) is 0 Å². The van der Waals surface area contributed by atoms with E-state index in [4.69, 9.17) is 14.6 Å². The predicted molar refractivity (Wildman–Crippen MR) is 77.1 cm³/mol. The molecule has 2 N–H and O–H groups in total. The van der Waals surface area contributed by atoms with Crippen molar-refractivity contribution < 1.29 is 24.5 Å². The number of methoxy groups -OCH3 is 1. The maximum Gasteiger partial charge on any atom is 0.339 e. The lowest BCUT2D eigenvalue weighted by Crippen LogP contribution is -2.01. The monoisotopic (exact) mass is 288 g/mol. The van der Waals surface area contributed by atoms with Crippen LogP contribution in [0.4, 0.5) is 0 Å². The summed E-state index contributed by atoms with van der Waals surface area (Å²) in [7, 11) is 1.48. The summed E-state index contributed by atoms with van der Waals surface area (Å²) in [6.07, 6.45) is 0. The fraction of sp³-hybridized carbons (Fsp3) is 0.188. The molecule has 110 valence electrons. The Morgan fingerprint density at radius 1 is 1.10 bits per heavy atom. The predicted octanol–water partition coefficient (Wildman–Crippen LogP) is 2.99. The van der Waals surface area contributed by atoms with Gasteiger partial charge in [-0.3, -0.25) is 0 Å². The van der Waals surface area contributed by atoms with Crippen LogP contribution in [0.25, 0.3) is 0 Å². The van der Waals surface area contributed by atoms with Crippen molar-refractivity contribution in [1.82, 2.24) is 0 Å². The molecule has 0 unspecified atom stereocenters. The number of carbonyl (C=O) groups is 1. The molecule has 0 bridgehead atoms. The van der Waals surface area contributed by atoms with Gasteiger partial charge in [0.1, 0.15) is 11.3 Å². The fourth-order valence-electron chi connectivity index (χ4n) is 1.91. The number of rotatable bonds is 5. The number of carboxylic acid groups (broad SMARTS) is 1. The third kappa shape index (κ3) is 3.32. The summed E-state index contributed by atoms with van der Waals surface area (Å²) in [4.78, 5) is 11.3. The molecule has 2 aromatic carbocycles. The van der Waals surface area contributed by atoms with Crippen molar-refractivity contribution in [2.45, 2.75) is 13.5 Å². The van der Waals surface area contributed by atoms with Gasteiger partial charge in [-0.05, 0) is 36.8 Å². The van der Waals surface area contributed by atoms with Crippen LogP contribution >= 0.6 is 0 Å². The maximum atomic E-state index is 11.3. The highest BCUT2D eigenvalue weighted by molar-refractivity contribution is 5.91. The van der Waals surface area contributed by atoms with Gasteiger partial charge in [0.2, 0.25) is 0 Å². The molecule has 0 aliphatic carbocycles. The molecule has 5 nitrogen and oxygen atoms in total. The molecule has 0 aliphatic rings. The molecule has 0 fully saturated rings. The number of aliphatic hydroxyl groups is 1. The molecular formula is C16H16O5. The first-order chi connectivity index (χ1) is 10.0. The molecule has 0 radical (unpaired) electrons. The van der Waals surface area contributed by atoms with E-state index in [1.807, 2.05) is 6.92 Å². The van der Waals surface area contributed by atoms with Crippen molar-refractivity contribution in [2.24, 2.45) is 0 Å². The minimum Gasteiger partial charge on any atom is -0.493 e. The van der Waals surface area contributed by atoms with E-state index < -0.39 is 5.97 Å². The van der Waals surface area contributed by atoms with Crippen LogP contribution in [0.15, 0.2) is 36.4 Å². The first-order valence-corrected chi connectivity index (χ1v) is 6.34. The minimum absolute atomic E-state index is 0.0864. The van der Waals surface area contributed by atoms with Gasteiger partial charge in [0.25, 0.3) is 0 Å². The van der Waals surface area contributed by atoms with Gasteiger partial charge in [-0.25, -0.2) is 4.79 Å². The van der Waals surface area contributed by atoms with Crippen LogP contribution in [0.1, 0.15) is 21.5 Å². The van der Waals surface area contributed by atoms with Crippen LogP contribution in [-0.4, -0.2) is 23.3 Å². The highest BCUT2D eigenvalue weighted by Gasteiger charge is 2.14. The fourth-order valence-corrected chi connectivity index (χ4v) is 1.91. The van der Waals surface area contributed by atoms with E-state index in [1.165, 1.54) is 7.11 Å². The van der Waals surface area contributed by atoms with Crippen molar-refractivity contribution in [1.29, 1.82) is 0 Å². The zero-order chi connectivity index (χ0) is 15.4. The number of aryl methyl sites for hydroxylation is 1. The molecular weight excluding hydrogens is 272 g/mol. The van der Waals surface area contributed by atoms with Crippen molar-refractivity contribution in [3.8, 4) is 17.2 Å². The SMILES string of the molecule is COc1cc(CO)ccc1Oc1ccc(C)cc1C(=O)O. The molecule has 21 heavy (non-hydrogen) atoms. The lowest BCUT2D eigenvalue weighted by molar-refractivity contribution is 0.0694. The van der Waals surface area contributed by atoms with Crippen LogP contribution in [0.2, 0.25) is 0 Å². The summed E-state index contributed by atoms with van der Waals surface area (Å²) in [6, 6.07) is 9.90. The lowest BCUT2D eigenvalue weighted by Gasteiger charge is -2.13. The average Bonchev–Trinajstić information content (AvgIpc) is 2.49. The van der Waals surface area contributed by atoms with Crippen molar-refractivity contribution in [3.05, 3.63) is 53.1 Å². The normalized spacial score (nSPS) is 10.2. The van der Waals surface area contributed by atoms with Gasteiger partial charge in [0, 0.05) is 0 Å². The van der Waals surface area contributed by atoms with Crippen molar-refractivity contribution in [3.63, 3.8) is 0 Å². The molecule has 0 aliphatic heterocycles. The Kier molecular flexibility index (Phi) is 4.45. The summed E-state index contributed by atoms with van der Waals surface area (Å²) in [6.45, 7) is 1.70. The Morgan fingerprint density at radius 2 is 1.81 bits per heavy atom. The van der Waals surface area contributed by atoms with E-state index >= 15 is 0 Å². The molecule has 0 atom stereocenters. The molecule has 0 spiro atoms. The first-order valence-electron chi connectivity index (χ1n) is 6.34. The molecule has 0 amide bonds. The van der Waals surface area contributed by atoms with Gasteiger partial charge >= 0.3 is 5.97 Å². The van der Waals surface area contributed by atoms with Gasteiger partial charge in [-0.2, -0.15) is 0 Å². The molecule has 0 saturated carbocycles. The summed E-state index contributed by atoms with van der Waals surface area (Å²) in [5.41, 5.74) is 1.60. The Labute approximate surface area is 122 Å². The molecule has 5 heteroatoms. The Balaban J connectivity index is 2.40. The standard InChI is InChI=1S/C16H16O5/c1-10-3-5-13(12(7-10)16(18)19)21-14-6-4-11(9-17)8-15(14)20-2/h3-8,17H,9H2,1-2H3,(H,18,19). The van der Waals surface area contributed by atoms with E-state index in [1.54, 1.807) is 36.4 Å². The number of hydrogen-bond donors (Lipinski definition) is 2. The van der Waals surface area contributed by atoms with Gasteiger partial charge in [0.15, 0.2) is 11.5 Å². The molecule has 0 aromatic heterocycles. The number of ether oxygens (including phenoxy) is 2. The Hall–Kier alpha value is -2.53. The van der Waals surface area contributed by atoms with E-state index in [0.29, 0.717) is 17.1 Å². The second kappa shape index (κ2) is 6.28. The van der Waals surface area contributed by atoms with Crippen LogP contribution in [-0.2, 0) is 6.61 Å². The largest absolute Gasteiger partial charge is 0.493 e. The van der Waals surface area contributed by atoms with Crippen LogP contribution < -0.4 is 9.47 Å². The smallest absolute Gasteiger partial charge is 0.339 e. The van der Waals surface area contributed by atoms with Gasteiger partial charge < -0.3 is 19.7 Å². The topological polar surface area (TPSA) is 76.0 Å². The quantitative estimate of drug-likeness (QED) is 0.884. The summed E-state index contributed by atoms with van der Waals surface area (Å²) in [5.74, 6) is 0.00214. The zero-order valence-corrected chi connectivity index (χ0v) is 11.8. The maximum absolute atomic E-state index is 11.3. The molecule has 0 saturated heterocycles. The second-order valence-corrected chi connectivity index (χ2v) is 4.55. The van der Waals surface area contributed by atoms with Crippen molar-refractivity contribution >= 4 is 5.97 Å². The average molecular weight is 288 g/mol. The van der Waals surface area contributed by atoms with E-state index in [9.17, 15) is 9.90 Å². The molecule has 2 rings (SSSR count). The number of benzene rings is 2. The molecule has 2 aromatic rings. The lowest BCUT2D eigenvalue weighted by atomic mass is 10.1. The van der Waals surface area contributed by atoms with Gasteiger partial charge in [-0.15, -0.1) is 0 Å². The second-order valence-electron chi connectivity index (χ2n) is 4.55. The Bertz CT molecular complexity index is 664. The van der Waals surface area contributed by atoms with Crippen molar-refractivity contribution in [2.75, 3.05) is 7.11 Å². The van der Waals surface area contributed by atoms with Crippen LogP contribution in [0.5, 0.6) is 17.2 Å². The summed E-state index contributed by atoms with van der Waals surface area (Å²) < 4.78 is 10.9. The van der Waals surface area contributed by atoms with Gasteiger partial charge in [-0.1, -0.05) is 17.7 Å². The third-order valence-electron chi connectivity index (χ3n) is 3.00. The number of aliphatic hydroxyl groups excluding tert-OH is 1. The van der Waals surface area contributed by atoms with Gasteiger partial charge in [0.05, 0.1) is 13.7 Å². The number of carboxylic acids is 1. The zero-order valence-electron chi connectivity index (χ0n) is 11.8. The molecule has 0 heterocycles.